The first-order valence-electron chi connectivity index (χ1n) is 7.59. The van der Waals surface area contributed by atoms with Gasteiger partial charge in [0.1, 0.15) is 17.2 Å². The van der Waals surface area contributed by atoms with Crippen LogP contribution in [0.1, 0.15) is 23.9 Å². The van der Waals surface area contributed by atoms with Crippen LogP contribution in [0.5, 0.6) is 0 Å². The van der Waals surface area contributed by atoms with Gasteiger partial charge in [0.25, 0.3) is 0 Å². The fourth-order valence-corrected chi connectivity index (χ4v) is 3.21. The Balaban J connectivity index is 1.42. The summed E-state index contributed by atoms with van der Waals surface area (Å²) >= 11 is 1.40. The molecule has 122 valence electrons. The van der Waals surface area contributed by atoms with E-state index in [2.05, 4.69) is 20.5 Å². The van der Waals surface area contributed by atoms with Crippen LogP contribution in [0.3, 0.4) is 0 Å². The van der Waals surface area contributed by atoms with Crippen molar-refractivity contribution in [2.75, 3.05) is 5.32 Å². The first-order chi connectivity index (χ1) is 11.7. The highest BCUT2D eigenvalue weighted by Crippen LogP contribution is 2.36. The molecule has 0 atom stereocenters. The number of carbonyl (C=O) groups excluding carboxylic acids is 1. The van der Waals surface area contributed by atoms with Crippen LogP contribution in [0.15, 0.2) is 36.0 Å². The van der Waals surface area contributed by atoms with Crippen LogP contribution in [0.4, 0.5) is 10.3 Å². The second-order valence-electron chi connectivity index (χ2n) is 5.65. The zero-order chi connectivity index (χ0) is 16.5. The highest BCUT2D eigenvalue weighted by atomic mass is 32.1. The molecule has 0 unspecified atom stereocenters. The number of nitrogens with zero attached hydrogens (tertiary/aromatic N) is 4. The number of aromatic nitrogens is 4. The summed E-state index contributed by atoms with van der Waals surface area (Å²) in [7, 11) is 0. The highest BCUT2D eigenvalue weighted by Gasteiger charge is 2.26. The molecular formula is C16H14FN5OS. The molecule has 4 rings (SSSR count). The number of anilines is 1. The summed E-state index contributed by atoms with van der Waals surface area (Å²) in [6.45, 7) is 0. The molecule has 1 aliphatic carbocycles. The van der Waals surface area contributed by atoms with Crippen molar-refractivity contribution >= 4 is 23.2 Å². The Bertz CT molecular complexity index is 869. The fourth-order valence-electron chi connectivity index (χ4n) is 2.40. The average molecular weight is 343 g/mol. The van der Waals surface area contributed by atoms with E-state index in [1.165, 1.54) is 23.5 Å². The molecule has 1 aromatic carbocycles. The number of halogens is 1. The standard InChI is InChI=1S/C16H14FN5OS/c17-11-3-1-10(2-4-11)13-8-24-15(19-13)7-14(23)20-16-21-18-9-22(16)12-5-6-12/h1-4,8-9,12H,5-7H2,(H,20,21,23). The Morgan fingerprint density at radius 1 is 1.33 bits per heavy atom. The van der Waals surface area contributed by atoms with Crippen molar-refractivity contribution in [3.05, 3.63) is 46.8 Å². The topological polar surface area (TPSA) is 72.7 Å². The van der Waals surface area contributed by atoms with Gasteiger partial charge in [-0.3, -0.25) is 14.7 Å². The van der Waals surface area contributed by atoms with Crippen LogP contribution < -0.4 is 5.32 Å². The number of hydrogen-bond donors (Lipinski definition) is 1. The van der Waals surface area contributed by atoms with E-state index >= 15 is 0 Å². The van der Waals surface area contributed by atoms with Gasteiger partial charge >= 0.3 is 0 Å². The van der Waals surface area contributed by atoms with E-state index in [1.54, 1.807) is 18.5 Å². The van der Waals surface area contributed by atoms with E-state index in [9.17, 15) is 9.18 Å². The van der Waals surface area contributed by atoms with Gasteiger partial charge in [-0.2, -0.15) is 0 Å². The Hall–Kier alpha value is -2.61. The smallest absolute Gasteiger partial charge is 0.233 e. The lowest BCUT2D eigenvalue weighted by Gasteiger charge is -2.05. The number of hydrogen-bond acceptors (Lipinski definition) is 5. The first kappa shape index (κ1) is 14.9. The third-order valence-electron chi connectivity index (χ3n) is 3.77. The zero-order valence-corrected chi connectivity index (χ0v) is 13.5. The molecule has 0 saturated heterocycles. The van der Waals surface area contributed by atoms with Crippen molar-refractivity contribution in [3.63, 3.8) is 0 Å². The van der Waals surface area contributed by atoms with Gasteiger partial charge in [-0.1, -0.05) is 0 Å². The maximum atomic E-state index is 13.0. The number of benzene rings is 1. The second-order valence-corrected chi connectivity index (χ2v) is 6.59. The summed E-state index contributed by atoms with van der Waals surface area (Å²) in [4.78, 5) is 16.6. The summed E-state index contributed by atoms with van der Waals surface area (Å²) in [6.07, 6.45) is 4.00. The van der Waals surface area contributed by atoms with Crippen LogP contribution in [0, 0.1) is 5.82 Å². The van der Waals surface area contributed by atoms with Crippen molar-refractivity contribution in [2.24, 2.45) is 0 Å². The Labute approximate surface area is 141 Å². The normalized spacial score (nSPS) is 13.9. The molecular weight excluding hydrogens is 329 g/mol. The molecule has 2 aromatic heterocycles. The van der Waals surface area contributed by atoms with Gasteiger partial charge < -0.3 is 0 Å². The summed E-state index contributed by atoms with van der Waals surface area (Å²) in [5.74, 6) is 0.0241. The minimum absolute atomic E-state index is 0.170. The van der Waals surface area contributed by atoms with Crippen LogP contribution in [0.25, 0.3) is 11.3 Å². The predicted octanol–water partition coefficient (Wildman–Crippen LogP) is 3.06. The van der Waals surface area contributed by atoms with Crippen LogP contribution in [0.2, 0.25) is 0 Å². The van der Waals surface area contributed by atoms with Gasteiger partial charge in [0.15, 0.2) is 0 Å². The van der Waals surface area contributed by atoms with Gasteiger partial charge in [0.05, 0.1) is 12.1 Å². The zero-order valence-electron chi connectivity index (χ0n) is 12.6. The molecule has 2 heterocycles. The summed E-state index contributed by atoms with van der Waals surface area (Å²) in [6, 6.07) is 6.54. The summed E-state index contributed by atoms with van der Waals surface area (Å²) in [5.41, 5.74) is 1.57. The molecule has 0 aliphatic heterocycles. The third-order valence-corrected chi connectivity index (χ3v) is 4.62. The quantitative estimate of drug-likeness (QED) is 0.773. The van der Waals surface area contributed by atoms with Crippen molar-refractivity contribution in [2.45, 2.75) is 25.3 Å². The van der Waals surface area contributed by atoms with E-state index in [4.69, 9.17) is 0 Å². The van der Waals surface area contributed by atoms with E-state index in [1.807, 2.05) is 9.95 Å². The molecule has 1 N–H and O–H groups in total. The number of nitrogens with one attached hydrogen (secondary N) is 1. The van der Waals surface area contributed by atoms with Gasteiger partial charge in [0, 0.05) is 17.0 Å². The lowest BCUT2D eigenvalue weighted by Crippen LogP contribution is -2.17. The fraction of sp³-hybridized carbons (Fsp3) is 0.250. The lowest BCUT2D eigenvalue weighted by atomic mass is 10.2. The SMILES string of the molecule is O=C(Cc1nc(-c2ccc(F)cc2)cs1)Nc1nncn1C1CC1. The van der Waals surface area contributed by atoms with Crippen molar-refractivity contribution in [3.8, 4) is 11.3 Å². The third kappa shape index (κ3) is 3.18. The molecule has 24 heavy (non-hydrogen) atoms. The maximum Gasteiger partial charge on any atom is 0.233 e. The molecule has 6 nitrogen and oxygen atoms in total. The number of thiazole rings is 1. The highest BCUT2D eigenvalue weighted by molar-refractivity contribution is 7.10. The van der Waals surface area contributed by atoms with Crippen LogP contribution >= 0.6 is 11.3 Å². The molecule has 0 bridgehead atoms. The minimum atomic E-state index is -0.284. The van der Waals surface area contributed by atoms with E-state index in [-0.39, 0.29) is 18.1 Å². The van der Waals surface area contributed by atoms with Crippen LogP contribution in [-0.2, 0) is 11.2 Å². The van der Waals surface area contributed by atoms with Gasteiger partial charge in [-0.15, -0.1) is 21.5 Å². The van der Waals surface area contributed by atoms with Crippen LogP contribution in [-0.4, -0.2) is 25.7 Å². The lowest BCUT2D eigenvalue weighted by molar-refractivity contribution is -0.115. The molecule has 1 saturated carbocycles. The minimum Gasteiger partial charge on any atom is -0.297 e. The molecule has 0 spiro atoms. The average Bonchev–Trinajstić information content (AvgIpc) is 3.13. The monoisotopic (exact) mass is 343 g/mol. The number of carbonyl (C=O) groups is 1. The Morgan fingerprint density at radius 3 is 2.88 bits per heavy atom. The molecule has 1 aliphatic rings. The van der Waals surface area contributed by atoms with Gasteiger partial charge in [-0.05, 0) is 37.1 Å². The predicted molar refractivity (Wildman–Crippen MR) is 88.1 cm³/mol. The molecule has 1 fully saturated rings. The first-order valence-corrected chi connectivity index (χ1v) is 8.47. The summed E-state index contributed by atoms with van der Waals surface area (Å²) < 4.78 is 14.9. The largest absolute Gasteiger partial charge is 0.297 e. The van der Waals surface area contributed by atoms with Crippen molar-refractivity contribution in [1.82, 2.24) is 19.7 Å². The van der Waals surface area contributed by atoms with E-state index < -0.39 is 0 Å². The molecule has 8 heteroatoms. The number of rotatable bonds is 5. The van der Waals surface area contributed by atoms with Crippen molar-refractivity contribution in [1.29, 1.82) is 0 Å². The Kier molecular flexibility index (Phi) is 3.81. The Morgan fingerprint density at radius 2 is 2.12 bits per heavy atom. The van der Waals surface area contributed by atoms with Gasteiger partial charge in [0.2, 0.25) is 11.9 Å². The molecule has 1 amide bonds. The van der Waals surface area contributed by atoms with Crippen molar-refractivity contribution < 1.29 is 9.18 Å². The molecule has 0 radical (unpaired) electrons. The van der Waals surface area contributed by atoms with E-state index in [0.717, 1.165) is 24.1 Å². The molecule has 3 aromatic rings. The van der Waals surface area contributed by atoms with E-state index in [0.29, 0.717) is 17.0 Å². The number of amides is 1. The maximum absolute atomic E-state index is 13.0. The van der Waals surface area contributed by atoms with Gasteiger partial charge in [-0.25, -0.2) is 9.37 Å². The second kappa shape index (κ2) is 6.12. The summed E-state index contributed by atoms with van der Waals surface area (Å²) in [5, 5.41) is 13.1.